The molecule has 7 heteroatoms. The molecule has 0 bridgehead atoms. The lowest BCUT2D eigenvalue weighted by Gasteiger charge is -2.14. The van der Waals surface area contributed by atoms with Gasteiger partial charge in [0.1, 0.15) is 6.04 Å². The van der Waals surface area contributed by atoms with E-state index in [9.17, 15) is 9.59 Å². The molecular weight excluding hydrogens is 318 g/mol. The Morgan fingerprint density at radius 1 is 1.26 bits per heavy atom. The highest BCUT2D eigenvalue weighted by atomic mass is 35.5. The van der Waals surface area contributed by atoms with Crippen molar-refractivity contribution in [3.8, 4) is 5.69 Å². The summed E-state index contributed by atoms with van der Waals surface area (Å²) in [6.45, 7) is 5.28. The molecule has 2 N–H and O–H groups in total. The molecule has 0 radical (unpaired) electrons. The van der Waals surface area contributed by atoms with E-state index >= 15 is 0 Å². The fraction of sp³-hybridized carbons (Fsp3) is 0.312. The van der Waals surface area contributed by atoms with E-state index in [0.717, 1.165) is 0 Å². The Hall–Kier alpha value is -2.34. The minimum absolute atomic E-state index is 0.00495. The lowest BCUT2D eigenvalue weighted by Crippen LogP contribution is -2.38. The smallest absolute Gasteiger partial charge is 0.325 e. The summed E-state index contributed by atoms with van der Waals surface area (Å²) in [5, 5.41) is 16.2. The fourth-order valence-corrected chi connectivity index (χ4v) is 2.46. The Kier molecular flexibility index (Phi) is 5.05. The third-order valence-corrected chi connectivity index (χ3v) is 3.72. The Morgan fingerprint density at radius 2 is 1.91 bits per heavy atom. The van der Waals surface area contributed by atoms with E-state index in [4.69, 9.17) is 16.7 Å². The van der Waals surface area contributed by atoms with Gasteiger partial charge in [0.2, 0.25) is 0 Å². The normalized spacial score (nSPS) is 12.2. The van der Waals surface area contributed by atoms with Crippen LogP contribution in [0.4, 0.5) is 0 Å². The van der Waals surface area contributed by atoms with Gasteiger partial charge in [-0.2, -0.15) is 5.10 Å². The van der Waals surface area contributed by atoms with Crippen LogP contribution < -0.4 is 5.32 Å². The summed E-state index contributed by atoms with van der Waals surface area (Å²) in [7, 11) is 0. The van der Waals surface area contributed by atoms with Crippen molar-refractivity contribution in [3.05, 3.63) is 46.7 Å². The van der Waals surface area contributed by atoms with Crippen LogP contribution >= 0.6 is 11.6 Å². The number of hydrogen-bond donors (Lipinski definition) is 2. The molecule has 1 amide bonds. The molecule has 1 atom stereocenters. The molecule has 0 spiro atoms. The lowest BCUT2D eigenvalue weighted by molar-refractivity contribution is -0.138. The van der Waals surface area contributed by atoms with Crippen LogP contribution in [0.1, 0.15) is 42.7 Å². The van der Waals surface area contributed by atoms with E-state index in [1.165, 1.54) is 13.1 Å². The Balaban J connectivity index is 2.46. The van der Waals surface area contributed by atoms with E-state index in [1.54, 1.807) is 10.7 Å². The van der Waals surface area contributed by atoms with E-state index in [1.807, 2.05) is 32.0 Å². The monoisotopic (exact) mass is 335 g/mol. The standard InChI is InChI=1S/C16H18ClN3O3/c1-9(2)14-11(15(21)19-10(3)16(22)23)8-18-20(14)13-7-5-4-6-12(13)17/h4-10H,1-3H3,(H,19,21)(H,22,23)/t10-/m1/s1. The van der Waals surface area contributed by atoms with Gasteiger partial charge in [0, 0.05) is 0 Å². The first-order valence-electron chi connectivity index (χ1n) is 7.19. The van der Waals surface area contributed by atoms with E-state index in [0.29, 0.717) is 22.0 Å². The van der Waals surface area contributed by atoms with Crippen LogP contribution in [0.5, 0.6) is 0 Å². The van der Waals surface area contributed by atoms with Crippen LogP contribution in [0.25, 0.3) is 5.69 Å². The number of carbonyl (C=O) groups is 2. The minimum atomic E-state index is -1.09. The maximum absolute atomic E-state index is 12.4. The number of hydrogen-bond acceptors (Lipinski definition) is 3. The number of aliphatic carboxylic acids is 1. The van der Waals surface area contributed by atoms with Crippen LogP contribution in [0.2, 0.25) is 5.02 Å². The topological polar surface area (TPSA) is 84.2 Å². The number of benzene rings is 1. The molecule has 2 rings (SSSR count). The first-order chi connectivity index (χ1) is 10.8. The highest BCUT2D eigenvalue weighted by Crippen LogP contribution is 2.27. The van der Waals surface area contributed by atoms with Crippen molar-refractivity contribution in [2.24, 2.45) is 0 Å². The van der Waals surface area contributed by atoms with Gasteiger partial charge in [-0.05, 0) is 25.0 Å². The van der Waals surface area contributed by atoms with Gasteiger partial charge in [-0.25, -0.2) is 4.68 Å². The zero-order valence-electron chi connectivity index (χ0n) is 13.1. The molecule has 0 fully saturated rings. The fourth-order valence-electron chi connectivity index (χ4n) is 2.24. The van der Waals surface area contributed by atoms with Gasteiger partial charge in [-0.15, -0.1) is 0 Å². The van der Waals surface area contributed by atoms with Crippen molar-refractivity contribution in [1.82, 2.24) is 15.1 Å². The Labute approximate surface area is 139 Å². The zero-order chi connectivity index (χ0) is 17.1. The molecular formula is C16H18ClN3O3. The summed E-state index contributed by atoms with van der Waals surface area (Å²) < 4.78 is 1.62. The van der Waals surface area contributed by atoms with Crippen molar-refractivity contribution in [2.45, 2.75) is 32.7 Å². The molecule has 2 aromatic rings. The second kappa shape index (κ2) is 6.83. The van der Waals surface area contributed by atoms with Gasteiger partial charge in [-0.1, -0.05) is 37.6 Å². The first kappa shape index (κ1) is 17.0. The molecule has 0 unspecified atom stereocenters. The molecule has 0 aliphatic rings. The van der Waals surface area contributed by atoms with Crippen molar-refractivity contribution in [3.63, 3.8) is 0 Å². The van der Waals surface area contributed by atoms with E-state index in [2.05, 4.69) is 10.4 Å². The maximum Gasteiger partial charge on any atom is 0.325 e. The molecule has 122 valence electrons. The molecule has 1 aromatic carbocycles. The molecule has 0 saturated heterocycles. The average Bonchev–Trinajstić information content (AvgIpc) is 2.92. The molecule has 1 aromatic heterocycles. The summed E-state index contributed by atoms with van der Waals surface area (Å²) in [6, 6.07) is 6.22. The summed E-state index contributed by atoms with van der Waals surface area (Å²) in [6.07, 6.45) is 1.43. The quantitative estimate of drug-likeness (QED) is 0.880. The number of carbonyl (C=O) groups excluding carboxylic acids is 1. The largest absolute Gasteiger partial charge is 0.480 e. The summed E-state index contributed by atoms with van der Waals surface area (Å²) in [5.41, 5.74) is 1.68. The van der Waals surface area contributed by atoms with Crippen molar-refractivity contribution in [1.29, 1.82) is 0 Å². The number of rotatable bonds is 5. The summed E-state index contributed by atoms with van der Waals surface area (Å²) in [5.74, 6) is -1.57. The van der Waals surface area contributed by atoms with Gasteiger partial charge >= 0.3 is 5.97 Å². The predicted octanol–water partition coefficient (Wildman–Crippen LogP) is 2.85. The molecule has 23 heavy (non-hydrogen) atoms. The van der Waals surface area contributed by atoms with Crippen molar-refractivity contribution >= 4 is 23.5 Å². The second-order valence-electron chi connectivity index (χ2n) is 5.49. The number of nitrogens with zero attached hydrogens (tertiary/aromatic N) is 2. The maximum atomic E-state index is 12.4. The van der Waals surface area contributed by atoms with Gasteiger partial charge in [0.25, 0.3) is 5.91 Å². The van der Waals surface area contributed by atoms with E-state index < -0.39 is 17.9 Å². The zero-order valence-corrected chi connectivity index (χ0v) is 13.8. The minimum Gasteiger partial charge on any atom is -0.480 e. The Bertz CT molecular complexity index is 740. The number of nitrogens with one attached hydrogen (secondary N) is 1. The van der Waals surface area contributed by atoms with Crippen LogP contribution in [0.3, 0.4) is 0 Å². The second-order valence-corrected chi connectivity index (χ2v) is 5.90. The molecule has 0 aliphatic carbocycles. The summed E-state index contributed by atoms with van der Waals surface area (Å²) >= 11 is 6.21. The first-order valence-corrected chi connectivity index (χ1v) is 7.57. The number of carboxylic acids is 1. The van der Waals surface area contributed by atoms with Crippen LogP contribution in [0, 0.1) is 0 Å². The van der Waals surface area contributed by atoms with Crippen molar-refractivity contribution in [2.75, 3.05) is 0 Å². The van der Waals surface area contributed by atoms with Gasteiger partial charge in [-0.3, -0.25) is 9.59 Å². The molecule has 0 aliphatic heterocycles. The third-order valence-electron chi connectivity index (χ3n) is 3.40. The number of carboxylic acid groups (broad SMARTS) is 1. The Morgan fingerprint density at radius 3 is 2.48 bits per heavy atom. The summed E-state index contributed by atoms with van der Waals surface area (Å²) in [4.78, 5) is 23.3. The van der Waals surface area contributed by atoms with E-state index in [-0.39, 0.29) is 5.92 Å². The average molecular weight is 336 g/mol. The third kappa shape index (κ3) is 3.53. The number of aromatic nitrogens is 2. The predicted molar refractivity (Wildman–Crippen MR) is 87.2 cm³/mol. The SMILES string of the molecule is CC(C)c1c(C(=O)N[C@H](C)C(=O)O)cnn1-c1ccccc1Cl. The molecule has 0 saturated carbocycles. The number of para-hydroxylation sites is 1. The molecule has 6 nitrogen and oxygen atoms in total. The highest BCUT2D eigenvalue weighted by molar-refractivity contribution is 6.32. The lowest BCUT2D eigenvalue weighted by atomic mass is 10.0. The van der Waals surface area contributed by atoms with Crippen LogP contribution in [-0.2, 0) is 4.79 Å². The van der Waals surface area contributed by atoms with Gasteiger partial charge in [0.05, 0.1) is 28.2 Å². The highest BCUT2D eigenvalue weighted by Gasteiger charge is 2.24. The van der Waals surface area contributed by atoms with Crippen LogP contribution in [-0.4, -0.2) is 32.8 Å². The van der Waals surface area contributed by atoms with Crippen molar-refractivity contribution < 1.29 is 14.7 Å². The molecule has 1 heterocycles. The van der Waals surface area contributed by atoms with Gasteiger partial charge in [0.15, 0.2) is 0 Å². The number of halogens is 1. The van der Waals surface area contributed by atoms with Gasteiger partial charge < -0.3 is 10.4 Å². The van der Waals surface area contributed by atoms with Crippen LogP contribution in [0.15, 0.2) is 30.5 Å². The number of amides is 1.